The minimum Gasteiger partial charge on any atom is -0.494 e. The van der Waals surface area contributed by atoms with Gasteiger partial charge in [0.2, 0.25) is 5.91 Å². The third-order valence-electron chi connectivity index (χ3n) is 7.35. The molecule has 5 rings (SSSR count). The molecule has 0 bridgehead atoms. The number of hydrogen-bond acceptors (Lipinski definition) is 3. The topological polar surface area (TPSA) is 47.4 Å². The molecule has 0 radical (unpaired) electrons. The van der Waals surface area contributed by atoms with Gasteiger partial charge in [-0.3, -0.25) is 4.79 Å². The van der Waals surface area contributed by atoms with Crippen molar-refractivity contribution in [2.75, 3.05) is 18.1 Å². The van der Waals surface area contributed by atoms with Crippen LogP contribution in [0.2, 0.25) is 0 Å². The maximum Gasteiger partial charge on any atom is 0.227 e. The monoisotopic (exact) mass is 495 g/mol. The summed E-state index contributed by atoms with van der Waals surface area (Å²) in [7, 11) is 0. The van der Waals surface area contributed by atoms with E-state index in [2.05, 4.69) is 99.0 Å². The van der Waals surface area contributed by atoms with Crippen molar-refractivity contribution < 1.29 is 9.53 Å². The van der Waals surface area contributed by atoms with Gasteiger partial charge in [0.1, 0.15) is 11.6 Å². The van der Waals surface area contributed by atoms with Crippen LogP contribution in [0.3, 0.4) is 0 Å². The van der Waals surface area contributed by atoms with E-state index in [1.165, 1.54) is 11.1 Å². The number of amides is 1. The standard InChI is InChI=1S/C32H37N3O2/c1-5-23-11-15-26(16-12-23)35-22-24(21-30(35)36)31-33-28-9-6-7-10-29(28)34(31)19-8-20-37-27-17-13-25(14-18-27)32(2,3)4/h6-7,9-18,24H,5,8,19-22H2,1-4H3. The molecule has 1 unspecified atom stereocenters. The highest BCUT2D eigenvalue weighted by atomic mass is 16.5. The van der Waals surface area contributed by atoms with Crippen molar-refractivity contribution in [3.8, 4) is 5.75 Å². The fourth-order valence-corrected chi connectivity index (χ4v) is 5.15. The van der Waals surface area contributed by atoms with E-state index in [0.717, 1.165) is 47.7 Å². The van der Waals surface area contributed by atoms with E-state index in [4.69, 9.17) is 9.72 Å². The Morgan fingerprint density at radius 1 is 0.973 bits per heavy atom. The SMILES string of the molecule is CCc1ccc(N2CC(c3nc4ccccc4n3CCCOc3ccc(C(C)(C)C)cc3)CC2=O)cc1. The molecule has 1 amide bonds. The summed E-state index contributed by atoms with van der Waals surface area (Å²) in [6, 6.07) is 25.0. The van der Waals surface area contributed by atoms with Gasteiger partial charge in [0.15, 0.2) is 0 Å². The van der Waals surface area contributed by atoms with Gasteiger partial charge in [-0.1, -0.05) is 64.1 Å². The van der Waals surface area contributed by atoms with Crippen molar-refractivity contribution in [3.63, 3.8) is 0 Å². The molecule has 0 spiro atoms. The highest BCUT2D eigenvalue weighted by molar-refractivity contribution is 5.96. The third kappa shape index (κ3) is 5.41. The average Bonchev–Trinajstić information content (AvgIpc) is 3.47. The molecule has 0 aliphatic carbocycles. The fourth-order valence-electron chi connectivity index (χ4n) is 5.15. The summed E-state index contributed by atoms with van der Waals surface area (Å²) in [6.07, 6.45) is 2.33. The van der Waals surface area contributed by atoms with Crippen molar-refractivity contribution in [2.45, 2.75) is 64.8 Å². The molecule has 0 N–H and O–H groups in total. The molecule has 2 heterocycles. The van der Waals surface area contributed by atoms with Gasteiger partial charge in [-0.25, -0.2) is 4.98 Å². The first-order valence-corrected chi connectivity index (χ1v) is 13.4. The Labute approximate surface area is 220 Å². The molecule has 5 heteroatoms. The number of aromatic nitrogens is 2. The summed E-state index contributed by atoms with van der Waals surface area (Å²) in [4.78, 5) is 19.9. The Balaban J connectivity index is 1.29. The van der Waals surface area contributed by atoms with Gasteiger partial charge in [-0.15, -0.1) is 0 Å². The first-order valence-electron chi connectivity index (χ1n) is 13.4. The summed E-state index contributed by atoms with van der Waals surface area (Å²) in [6.45, 7) is 10.9. The predicted molar refractivity (Wildman–Crippen MR) is 151 cm³/mol. The Kier molecular flexibility index (Phi) is 7.05. The zero-order chi connectivity index (χ0) is 26.0. The van der Waals surface area contributed by atoms with Gasteiger partial charge in [0, 0.05) is 31.1 Å². The Morgan fingerprint density at radius 3 is 2.41 bits per heavy atom. The number of aryl methyl sites for hydroxylation is 2. The largest absolute Gasteiger partial charge is 0.494 e. The lowest BCUT2D eigenvalue weighted by Gasteiger charge is -2.19. The molecule has 1 saturated heterocycles. The van der Waals surface area contributed by atoms with Gasteiger partial charge < -0.3 is 14.2 Å². The van der Waals surface area contributed by atoms with Gasteiger partial charge >= 0.3 is 0 Å². The fraction of sp³-hybridized carbons (Fsp3) is 0.375. The summed E-state index contributed by atoms with van der Waals surface area (Å²) in [5.41, 5.74) is 5.78. The van der Waals surface area contributed by atoms with Crippen LogP contribution >= 0.6 is 0 Å². The average molecular weight is 496 g/mol. The molecule has 1 fully saturated rings. The lowest BCUT2D eigenvalue weighted by Crippen LogP contribution is -2.24. The van der Waals surface area contributed by atoms with Crippen LogP contribution in [0.5, 0.6) is 5.75 Å². The van der Waals surface area contributed by atoms with Crippen molar-refractivity contribution in [3.05, 3.63) is 89.7 Å². The van der Waals surface area contributed by atoms with E-state index in [1.807, 2.05) is 11.0 Å². The molecule has 192 valence electrons. The van der Waals surface area contributed by atoms with E-state index in [1.54, 1.807) is 0 Å². The second-order valence-corrected chi connectivity index (χ2v) is 11.0. The number of nitrogens with zero attached hydrogens (tertiary/aromatic N) is 3. The molecule has 1 aromatic heterocycles. The third-order valence-corrected chi connectivity index (χ3v) is 7.35. The molecule has 1 aliphatic heterocycles. The Hall–Kier alpha value is -3.60. The summed E-state index contributed by atoms with van der Waals surface area (Å²) < 4.78 is 8.36. The number of rotatable bonds is 8. The number of fused-ring (bicyclic) bond motifs is 1. The molecule has 1 atom stereocenters. The molecule has 0 saturated carbocycles. The van der Waals surface area contributed by atoms with Crippen LogP contribution in [-0.4, -0.2) is 28.6 Å². The van der Waals surface area contributed by atoms with E-state index in [-0.39, 0.29) is 17.2 Å². The van der Waals surface area contributed by atoms with Crippen molar-refractivity contribution in [2.24, 2.45) is 0 Å². The van der Waals surface area contributed by atoms with Crippen molar-refractivity contribution >= 4 is 22.6 Å². The molecular weight excluding hydrogens is 458 g/mol. The minimum absolute atomic E-state index is 0.0663. The molecular formula is C32H37N3O2. The van der Waals surface area contributed by atoms with Crippen LogP contribution in [0.25, 0.3) is 11.0 Å². The maximum atomic E-state index is 13.0. The number of benzene rings is 3. The lowest BCUT2D eigenvalue weighted by molar-refractivity contribution is -0.117. The highest BCUT2D eigenvalue weighted by Gasteiger charge is 2.34. The van der Waals surface area contributed by atoms with E-state index < -0.39 is 0 Å². The second kappa shape index (κ2) is 10.4. The molecule has 4 aromatic rings. The van der Waals surface area contributed by atoms with Gasteiger partial charge in [0.05, 0.1) is 17.6 Å². The van der Waals surface area contributed by atoms with Crippen molar-refractivity contribution in [1.82, 2.24) is 9.55 Å². The highest BCUT2D eigenvalue weighted by Crippen LogP contribution is 2.33. The van der Waals surface area contributed by atoms with Crippen LogP contribution in [-0.2, 0) is 23.2 Å². The Bertz CT molecular complexity index is 1360. The van der Waals surface area contributed by atoms with Gasteiger partial charge in [0.25, 0.3) is 0 Å². The quantitative estimate of drug-likeness (QED) is 0.250. The van der Waals surface area contributed by atoms with Crippen LogP contribution in [0.4, 0.5) is 5.69 Å². The van der Waals surface area contributed by atoms with Gasteiger partial charge in [-0.2, -0.15) is 0 Å². The van der Waals surface area contributed by atoms with Crippen molar-refractivity contribution in [1.29, 1.82) is 0 Å². The number of imidazole rings is 1. The van der Waals surface area contributed by atoms with Crippen LogP contribution in [0.15, 0.2) is 72.8 Å². The van der Waals surface area contributed by atoms with Crippen LogP contribution < -0.4 is 9.64 Å². The molecule has 3 aromatic carbocycles. The normalized spacial score (nSPS) is 16.1. The van der Waals surface area contributed by atoms with E-state index in [0.29, 0.717) is 19.6 Å². The predicted octanol–water partition coefficient (Wildman–Crippen LogP) is 6.89. The summed E-state index contributed by atoms with van der Waals surface area (Å²) in [5, 5.41) is 0. The number of anilines is 1. The molecule has 1 aliphatic rings. The van der Waals surface area contributed by atoms with Crippen LogP contribution in [0.1, 0.15) is 63.4 Å². The summed E-state index contributed by atoms with van der Waals surface area (Å²) >= 11 is 0. The molecule has 5 nitrogen and oxygen atoms in total. The minimum atomic E-state index is 0.0663. The van der Waals surface area contributed by atoms with Crippen LogP contribution in [0, 0.1) is 0 Å². The number of hydrogen-bond donors (Lipinski definition) is 0. The van der Waals surface area contributed by atoms with E-state index >= 15 is 0 Å². The number of para-hydroxylation sites is 2. The summed E-state index contributed by atoms with van der Waals surface area (Å²) in [5.74, 6) is 2.12. The molecule has 37 heavy (non-hydrogen) atoms. The first kappa shape index (κ1) is 25.1. The van der Waals surface area contributed by atoms with Gasteiger partial charge in [-0.05, 0) is 65.8 Å². The number of ether oxygens (including phenoxy) is 1. The second-order valence-electron chi connectivity index (χ2n) is 11.0. The Morgan fingerprint density at radius 2 is 1.70 bits per heavy atom. The number of carbonyl (C=O) groups is 1. The zero-order valence-electron chi connectivity index (χ0n) is 22.4. The number of carbonyl (C=O) groups excluding carboxylic acids is 1. The first-order chi connectivity index (χ1) is 17.8. The lowest BCUT2D eigenvalue weighted by atomic mass is 9.87. The van der Waals surface area contributed by atoms with E-state index in [9.17, 15) is 4.79 Å². The maximum absolute atomic E-state index is 13.0. The smallest absolute Gasteiger partial charge is 0.227 e. The zero-order valence-corrected chi connectivity index (χ0v) is 22.4.